The Morgan fingerprint density at radius 1 is 1.35 bits per heavy atom. The molecule has 0 aliphatic heterocycles. The maximum absolute atomic E-state index is 12.2. The van der Waals surface area contributed by atoms with E-state index in [4.69, 9.17) is 4.74 Å². The van der Waals surface area contributed by atoms with E-state index in [1.54, 1.807) is 11.0 Å². The van der Waals surface area contributed by atoms with E-state index in [-0.39, 0.29) is 12.0 Å². The number of likely N-dealkylation sites (N-methyl/N-ethyl adjacent to an activating group) is 1. The second-order valence-corrected chi connectivity index (χ2v) is 8.02. The van der Waals surface area contributed by atoms with Gasteiger partial charge in [0.25, 0.3) is 5.91 Å². The molecular formula is C16H22BrIN2O3. The number of carbonyl (C=O) groups is 2. The minimum Gasteiger partial charge on any atom is -0.444 e. The number of rotatable bonds is 5. The van der Waals surface area contributed by atoms with Gasteiger partial charge in [-0.2, -0.15) is 0 Å². The van der Waals surface area contributed by atoms with Crippen molar-refractivity contribution in [1.82, 2.24) is 10.2 Å². The van der Waals surface area contributed by atoms with Crippen LogP contribution in [0.1, 0.15) is 38.1 Å². The molecule has 0 heterocycles. The monoisotopic (exact) mass is 496 g/mol. The number of hydrogen-bond donors (Lipinski definition) is 1. The fourth-order valence-corrected chi connectivity index (χ4v) is 2.72. The van der Waals surface area contributed by atoms with Gasteiger partial charge < -0.3 is 15.0 Å². The van der Waals surface area contributed by atoms with Crippen LogP contribution in [0.3, 0.4) is 0 Å². The average Bonchev–Trinajstić information content (AvgIpc) is 2.44. The Balaban J connectivity index is 2.55. The highest BCUT2D eigenvalue weighted by Gasteiger charge is 2.21. The molecule has 0 spiro atoms. The van der Waals surface area contributed by atoms with Crippen LogP contribution in [0, 0.1) is 3.57 Å². The summed E-state index contributed by atoms with van der Waals surface area (Å²) in [6, 6.07) is 5.54. The van der Waals surface area contributed by atoms with Crippen molar-refractivity contribution in [3.05, 3.63) is 31.8 Å². The lowest BCUT2D eigenvalue weighted by atomic mass is 10.2. The summed E-state index contributed by atoms with van der Waals surface area (Å²) in [6.45, 7) is 8.67. The van der Waals surface area contributed by atoms with Crippen molar-refractivity contribution >= 4 is 50.5 Å². The third-order valence-corrected chi connectivity index (χ3v) is 4.31. The van der Waals surface area contributed by atoms with Gasteiger partial charge in [-0.25, -0.2) is 4.79 Å². The van der Waals surface area contributed by atoms with E-state index in [2.05, 4.69) is 43.8 Å². The Hall–Kier alpha value is -0.830. The molecule has 0 saturated heterocycles. The zero-order chi connectivity index (χ0) is 17.6. The Bertz CT molecular complexity index is 573. The van der Waals surface area contributed by atoms with E-state index in [1.165, 1.54) is 0 Å². The third kappa shape index (κ3) is 7.07. The topological polar surface area (TPSA) is 58.6 Å². The molecule has 128 valence electrons. The Labute approximate surface area is 159 Å². The quantitative estimate of drug-likeness (QED) is 0.626. The van der Waals surface area contributed by atoms with Crippen LogP contribution < -0.4 is 5.32 Å². The van der Waals surface area contributed by atoms with E-state index in [0.717, 1.165) is 8.04 Å². The van der Waals surface area contributed by atoms with Crippen LogP contribution in [-0.4, -0.2) is 42.1 Å². The molecule has 0 unspecified atom stereocenters. The first-order chi connectivity index (χ1) is 10.6. The molecule has 0 aromatic heterocycles. The van der Waals surface area contributed by atoms with Crippen LogP contribution in [0.5, 0.6) is 0 Å². The standard InChI is InChI=1S/C16H22BrIN2O3/c1-5-20(15(22)23-16(2,3)4)9-8-19-14(21)12-10-11(17)6-7-13(12)18/h6-7,10H,5,8-9H2,1-4H3,(H,19,21). The second kappa shape index (κ2) is 8.86. The smallest absolute Gasteiger partial charge is 0.410 e. The minimum absolute atomic E-state index is 0.157. The van der Waals surface area contributed by atoms with Gasteiger partial charge in [0.05, 0.1) is 5.56 Å². The molecule has 1 rings (SSSR count). The molecule has 0 aliphatic rings. The van der Waals surface area contributed by atoms with Crippen LogP contribution in [-0.2, 0) is 4.74 Å². The van der Waals surface area contributed by atoms with Crippen molar-refractivity contribution < 1.29 is 14.3 Å². The molecule has 0 fully saturated rings. The van der Waals surface area contributed by atoms with Crippen LogP contribution in [0.2, 0.25) is 0 Å². The van der Waals surface area contributed by atoms with Crippen LogP contribution in [0.15, 0.2) is 22.7 Å². The maximum Gasteiger partial charge on any atom is 0.410 e. The molecule has 23 heavy (non-hydrogen) atoms. The van der Waals surface area contributed by atoms with Gasteiger partial charge in [-0.1, -0.05) is 15.9 Å². The number of halogens is 2. The average molecular weight is 497 g/mol. The summed E-state index contributed by atoms with van der Waals surface area (Å²) in [6.07, 6.45) is -0.369. The first-order valence-corrected chi connectivity index (χ1v) is 9.22. The van der Waals surface area contributed by atoms with Gasteiger partial charge in [0.1, 0.15) is 5.60 Å². The molecule has 0 saturated carbocycles. The van der Waals surface area contributed by atoms with Gasteiger partial charge in [0.15, 0.2) is 0 Å². The Morgan fingerprint density at radius 2 is 2.00 bits per heavy atom. The van der Waals surface area contributed by atoms with E-state index in [0.29, 0.717) is 25.2 Å². The van der Waals surface area contributed by atoms with E-state index >= 15 is 0 Å². The molecule has 0 radical (unpaired) electrons. The Morgan fingerprint density at radius 3 is 2.57 bits per heavy atom. The molecule has 0 aliphatic carbocycles. The molecular weight excluding hydrogens is 475 g/mol. The summed E-state index contributed by atoms with van der Waals surface area (Å²) >= 11 is 5.49. The fourth-order valence-electron chi connectivity index (χ4n) is 1.78. The van der Waals surface area contributed by atoms with Gasteiger partial charge in [0.2, 0.25) is 0 Å². The van der Waals surface area contributed by atoms with Crippen molar-refractivity contribution in [2.75, 3.05) is 19.6 Å². The molecule has 7 heteroatoms. The molecule has 1 N–H and O–H groups in total. The van der Waals surface area contributed by atoms with Crippen LogP contribution in [0.25, 0.3) is 0 Å². The zero-order valence-corrected chi connectivity index (χ0v) is 17.5. The molecule has 1 aromatic rings. The summed E-state index contributed by atoms with van der Waals surface area (Å²) < 4.78 is 7.07. The summed E-state index contributed by atoms with van der Waals surface area (Å²) in [5, 5.41) is 2.84. The largest absolute Gasteiger partial charge is 0.444 e. The van der Waals surface area contributed by atoms with Gasteiger partial charge in [0, 0.05) is 27.7 Å². The number of ether oxygens (including phenoxy) is 1. The lowest BCUT2D eigenvalue weighted by molar-refractivity contribution is 0.0261. The first kappa shape index (κ1) is 20.2. The molecule has 5 nitrogen and oxygen atoms in total. The zero-order valence-electron chi connectivity index (χ0n) is 13.8. The maximum atomic E-state index is 12.2. The number of amides is 2. The summed E-state index contributed by atoms with van der Waals surface area (Å²) in [5.74, 6) is -0.157. The molecule has 0 bridgehead atoms. The number of nitrogens with zero attached hydrogens (tertiary/aromatic N) is 1. The highest BCUT2D eigenvalue weighted by atomic mass is 127. The lowest BCUT2D eigenvalue weighted by Gasteiger charge is -2.26. The van der Waals surface area contributed by atoms with Crippen molar-refractivity contribution in [1.29, 1.82) is 0 Å². The number of carbonyl (C=O) groups excluding carboxylic acids is 2. The normalized spacial score (nSPS) is 11.0. The molecule has 0 atom stereocenters. The summed E-state index contributed by atoms with van der Waals surface area (Å²) in [5.41, 5.74) is 0.0838. The summed E-state index contributed by atoms with van der Waals surface area (Å²) in [4.78, 5) is 25.8. The van der Waals surface area contributed by atoms with Crippen molar-refractivity contribution in [2.45, 2.75) is 33.3 Å². The Kier molecular flexibility index (Phi) is 7.79. The van der Waals surface area contributed by atoms with Crippen LogP contribution >= 0.6 is 38.5 Å². The van der Waals surface area contributed by atoms with Gasteiger partial charge in [-0.05, 0) is 68.5 Å². The SMILES string of the molecule is CCN(CCNC(=O)c1cc(Br)ccc1I)C(=O)OC(C)(C)C. The highest BCUT2D eigenvalue weighted by molar-refractivity contribution is 14.1. The number of benzene rings is 1. The molecule has 1 aromatic carbocycles. The predicted molar refractivity (Wildman–Crippen MR) is 103 cm³/mol. The minimum atomic E-state index is -0.528. The number of nitrogens with one attached hydrogen (secondary N) is 1. The van der Waals surface area contributed by atoms with E-state index in [9.17, 15) is 9.59 Å². The highest BCUT2D eigenvalue weighted by Crippen LogP contribution is 2.18. The van der Waals surface area contributed by atoms with Crippen molar-refractivity contribution in [3.63, 3.8) is 0 Å². The lowest BCUT2D eigenvalue weighted by Crippen LogP contribution is -2.41. The van der Waals surface area contributed by atoms with Gasteiger partial charge >= 0.3 is 6.09 Å². The fraction of sp³-hybridized carbons (Fsp3) is 0.500. The van der Waals surface area contributed by atoms with Crippen molar-refractivity contribution in [3.8, 4) is 0 Å². The van der Waals surface area contributed by atoms with E-state index < -0.39 is 5.60 Å². The number of hydrogen-bond acceptors (Lipinski definition) is 3. The van der Waals surface area contributed by atoms with Gasteiger partial charge in [-0.3, -0.25) is 4.79 Å². The summed E-state index contributed by atoms with van der Waals surface area (Å²) in [7, 11) is 0. The second-order valence-electron chi connectivity index (χ2n) is 5.94. The van der Waals surface area contributed by atoms with Crippen molar-refractivity contribution in [2.24, 2.45) is 0 Å². The van der Waals surface area contributed by atoms with Gasteiger partial charge in [-0.15, -0.1) is 0 Å². The molecule has 2 amide bonds. The van der Waals surface area contributed by atoms with Crippen LogP contribution in [0.4, 0.5) is 4.79 Å². The van der Waals surface area contributed by atoms with E-state index in [1.807, 2.05) is 39.8 Å². The third-order valence-electron chi connectivity index (χ3n) is 2.87. The predicted octanol–water partition coefficient (Wildman–Crippen LogP) is 4.04. The first-order valence-electron chi connectivity index (χ1n) is 7.35.